The van der Waals surface area contributed by atoms with Gasteiger partial charge in [0.25, 0.3) is 5.91 Å². The number of nitrogens with zero attached hydrogens (tertiary/aromatic N) is 1. The molecule has 10 heteroatoms. The highest BCUT2D eigenvalue weighted by Gasteiger charge is 2.10. The Hall–Kier alpha value is -2.39. The molecule has 0 aliphatic heterocycles. The maximum Gasteiger partial charge on any atom is 0.269 e. The van der Waals surface area contributed by atoms with Crippen molar-refractivity contribution in [3.8, 4) is 11.5 Å². The lowest BCUT2D eigenvalue weighted by molar-refractivity contribution is -0.115. The summed E-state index contributed by atoms with van der Waals surface area (Å²) >= 11 is 0. The van der Waals surface area contributed by atoms with Crippen molar-refractivity contribution in [3.63, 3.8) is 0 Å². The molecular weight excluding hydrogens is 407 g/mol. The molecule has 2 aromatic rings. The number of carbonyl (C=O) groups is 2. The van der Waals surface area contributed by atoms with Gasteiger partial charge in [0, 0.05) is 33.0 Å². The molecule has 0 aliphatic rings. The van der Waals surface area contributed by atoms with Crippen LogP contribution in [0.25, 0.3) is 0 Å². The molecule has 0 atom stereocenters. The van der Waals surface area contributed by atoms with Gasteiger partial charge < -0.3 is 25.4 Å². The van der Waals surface area contributed by atoms with Gasteiger partial charge in [-0.3, -0.25) is 14.6 Å². The van der Waals surface area contributed by atoms with Crippen molar-refractivity contribution in [1.82, 2.24) is 15.6 Å². The molecule has 8 nitrogen and oxygen atoms in total. The third-order valence-electron chi connectivity index (χ3n) is 3.35. The summed E-state index contributed by atoms with van der Waals surface area (Å²) in [6.45, 7) is 1.28. The number of amides is 2. The van der Waals surface area contributed by atoms with Crippen LogP contribution < -0.4 is 20.7 Å². The second-order valence-corrected chi connectivity index (χ2v) is 5.27. The van der Waals surface area contributed by atoms with Crippen LogP contribution in [-0.4, -0.2) is 50.7 Å². The Labute approximate surface area is 176 Å². The molecule has 0 saturated carbocycles. The van der Waals surface area contributed by atoms with Gasteiger partial charge in [-0.1, -0.05) is 12.1 Å². The SMILES string of the molecule is CNC(=O)c1cc(Oc2ccccc2NC(=O)CNCCOC)ccn1.Cl.Cl. The quantitative estimate of drug-likeness (QED) is 0.527. The van der Waals surface area contributed by atoms with Gasteiger partial charge in [-0.2, -0.15) is 0 Å². The molecule has 1 aromatic heterocycles. The number of rotatable bonds is 9. The van der Waals surface area contributed by atoms with Crippen LogP contribution in [0.2, 0.25) is 0 Å². The summed E-state index contributed by atoms with van der Waals surface area (Å²) in [4.78, 5) is 27.7. The molecule has 3 N–H and O–H groups in total. The van der Waals surface area contributed by atoms with Crippen molar-refractivity contribution in [1.29, 1.82) is 0 Å². The van der Waals surface area contributed by atoms with E-state index in [1.165, 1.54) is 19.3 Å². The molecule has 2 amide bonds. The minimum atomic E-state index is -0.306. The average molecular weight is 431 g/mol. The van der Waals surface area contributed by atoms with E-state index in [-0.39, 0.29) is 48.9 Å². The fraction of sp³-hybridized carbons (Fsp3) is 0.278. The summed E-state index contributed by atoms with van der Waals surface area (Å²) in [6.07, 6.45) is 1.49. The summed E-state index contributed by atoms with van der Waals surface area (Å²) in [6, 6.07) is 10.2. The highest BCUT2D eigenvalue weighted by molar-refractivity contribution is 5.94. The van der Waals surface area contributed by atoms with E-state index < -0.39 is 0 Å². The number of ether oxygens (including phenoxy) is 2. The second-order valence-electron chi connectivity index (χ2n) is 5.27. The summed E-state index contributed by atoms with van der Waals surface area (Å²) in [5.74, 6) is 0.405. The highest BCUT2D eigenvalue weighted by atomic mass is 35.5. The molecule has 0 unspecified atom stereocenters. The monoisotopic (exact) mass is 430 g/mol. The maximum absolute atomic E-state index is 12.0. The van der Waals surface area contributed by atoms with Gasteiger partial charge in [0.15, 0.2) is 5.75 Å². The van der Waals surface area contributed by atoms with E-state index >= 15 is 0 Å². The van der Waals surface area contributed by atoms with Crippen molar-refractivity contribution < 1.29 is 19.1 Å². The molecule has 2 rings (SSSR count). The average Bonchev–Trinajstić information content (AvgIpc) is 2.66. The number of methoxy groups -OCH3 is 1. The number of halogens is 2. The van der Waals surface area contributed by atoms with Crippen LogP contribution in [0.5, 0.6) is 11.5 Å². The van der Waals surface area contributed by atoms with E-state index in [1.54, 1.807) is 37.4 Å². The number of benzene rings is 1. The van der Waals surface area contributed by atoms with Gasteiger partial charge in [-0.25, -0.2) is 0 Å². The summed E-state index contributed by atoms with van der Waals surface area (Å²) in [5, 5.41) is 8.27. The number of para-hydroxylation sites is 2. The smallest absolute Gasteiger partial charge is 0.269 e. The van der Waals surface area contributed by atoms with E-state index in [9.17, 15) is 9.59 Å². The summed E-state index contributed by atoms with van der Waals surface area (Å²) < 4.78 is 10.7. The van der Waals surface area contributed by atoms with Crippen LogP contribution in [0.3, 0.4) is 0 Å². The number of anilines is 1. The summed E-state index contributed by atoms with van der Waals surface area (Å²) in [5.41, 5.74) is 0.776. The van der Waals surface area contributed by atoms with E-state index in [4.69, 9.17) is 9.47 Å². The van der Waals surface area contributed by atoms with Gasteiger partial charge >= 0.3 is 0 Å². The minimum absolute atomic E-state index is 0. The predicted molar refractivity (Wildman–Crippen MR) is 112 cm³/mol. The third-order valence-corrected chi connectivity index (χ3v) is 3.35. The standard InChI is InChI=1S/C18H22N4O4.2ClH/c1-19-18(24)15-11-13(7-8-21-15)26-16-6-4-3-5-14(16)22-17(23)12-20-9-10-25-2;;/h3-8,11,20H,9-10,12H2,1-2H3,(H,19,24)(H,22,23);2*1H. The predicted octanol–water partition coefficient (Wildman–Crippen LogP) is 2.25. The first-order valence-corrected chi connectivity index (χ1v) is 8.08. The van der Waals surface area contributed by atoms with Crippen LogP contribution in [0.15, 0.2) is 42.6 Å². The minimum Gasteiger partial charge on any atom is -0.455 e. The van der Waals surface area contributed by atoms with Gasteiger partial charge in [0.05, 0.1) is 18.8 Å². The lowest BCUT2D eigenvalue weighted by atomic mass is 10.2. The van der Waals surface area contributed by atoms with Crippen molar-refractivity contribution in [2.24, 2.45) is 0 Å². The van der Waals surface area contributed by atoms with Gasteiger partial charge in [0.1, 0.15) is 11.4 Å². The molecule has 0 aliphatic carbocycles. The van der Waals surface area contributed by atoms with E-state index in [0.29, 0.717) is 30.3 Å². The number of aromatic nitrogens is 1. The Morgan fingerprint density at radius 3 is 2.61 bits per heavy atom. The van der Waals surface area contributed by atoms with Crippen LogP contribution in [0.4, 0.5) is 5.69 Å². The largest absolute Gasteiger partial charge is 0.455 e. The van der Waals surface area contributed by atoms with E-state index in [0.717, 1.165) is 0 Å². The molecule has 28 heavy (non-hydrogen) atoms. The summed E-state index contributed by atoms with van der Waals surface area (Å²) in [7, 11) is 3.13. The number of hydrogen-bond acceptors (Lipinski definition) is 6. The van der Waals surface area contributed by atoms with E-state index in [1.807, 2.05) is 0 Å². The number of carbonyl (C=O) groups excluding carboxylic acids is 2. The van der Waals surface area contributed by atoms with Gasteiger partial charge in [0.2, 0.25) is 5.91 Å². The zero-order chi connectivity index (χ0) is 18.8. The van der Waals surface area contributed by atoms with Crippen molar-refractivity contribution in [2.75, 3.05) is 39.2 Å². The Kier molecular flexibility index (Phi) is 12.6. The van der Waals surface area contributed by atoms with Gasteiger partial charge in [-0.15, -0.1) is 24.8 Å². The molecule has 0 spiro atoms. The fourth-order valence-corrected chi connectivity index (χ4v) is 2.08. The molecule has 1 heterocycles. The molecule has 154 valence electrons. The number of hydrogen-bond donors (Lipinski definition) is 3. The Morgan fingerprint density at radius 1 is 1.14 bits per heavy atom. The molecular formula is C18H24Cl2N4O4. The Morgan fingerprint density at radius 2 is 1.89 bits per heavy atom. The first-order chi connectivity index (χ1) is 12.6. The van der Waals surface area contributed by atoms with Crippen LogP contribution in [0.1, 0.15) is 10.5 Å². The lowest BCUT2D eigenvalue weighted by Gasteiger charge is -2.13. The number of pyridine rings is 1. The molecule has 0 bridgehead atoms. The zero-order valence-corrected chi connectivity index (χ0v) is 17.2. The lowest BCUT2D eigenvalue weighted by Crippen LogP contribution is -2.30. The maximum atomic E-state index is 12.0. The van der Waals surface area contributed by atoms with Crippen molar-refractivity contribution in [3.05, 3.63) is 48.3 Å². The topological polar surface area (TPSA) is 102 Å². The molecule has 0 saturated heterocycles. The van der Waals surface area contributed by atoms with Crippen LogP contribution in [0, 0.1) is 0 Å². The fourth-order valence-electron chi connectivity index (χ4n) is 2.08. The van der Waals surface area contributed by atoms with Crippen LogP contribution in [-0.2, 0) is 9.53 Å². The van der Waals surface area contributed by atoms with E-state index in [2.05, 4.69) is 20.9 Å². The van der Waals surface area contributed by atoms with Gasteiger partial charge in [-0.05, 0) is 18.2 Å². The Balaban J connectivity index is 0.00000364. The molecule has 0 radical (unpaired) electrons. The number of nitrogens with one attached hydrogen (secondary N) is 3. The van der Waals surface area contributed by atoms with Crippen molar-refractivity contribution in [2.45, 2.75) is 0 Å². The first kappa shape index (κ1) is 25.6. The first-order valence-electron chi connectivity index (χ1n) is 8.08. The molecule has 1 aromatic carbocycles. The highest BCUT2D eigenvalue weighted by Crippen LogP contribution is 2.29. The Bertz CT molecular complexity index is 762. The van der Waals surface area contributed by atoms with Crippen molar-refractivity contribution >= 4 is 42.3 Å². The third kappa shape index (κ3) is 8.10. The second kappa shape index (κ2) is 13.7. The molecule has 0 fully saturated rings. The normalized spacial score (nSPS) is 9.50. The van der Waals surface area contributed by atoms with Crippen LogP contribution >= 0.6 is 24.8 Å². The zero-order valence-electron chi connectivity index (χ0n) is 15.6.